The molecule has 1 aliphatic carbocycles. The third kappa shape index (κ3) is 4.24. The number of carbonyl (C=O) groups excluding carboxylic acids is 2. The average molecular weight is 524 g/mol. The van der Waals surface area contributed by atoms with Crippen LogP contribution in [0, 0.1) is 17.1 Å². The molecule has 1 aliphatic heterocycles. The van der Waals surface area contributed by atoms with Gasteiger partial charge in [-0.3, -0.25) is 14.5 Å². The fourth-order valence-electron chi connectivity index (χ4n) is 4.46. The number of ether oxygens (including phenoxy) is 1. The minimum atomic E-state index is -4.86. The molecule has 1 aromatic carbocycles. The quantitative estimate of drug-likeness (QED) is 0.342. The number of nitrogens with zero attached hydrogens (tertiary/aromatic N) is 4. The zero-order valence-electron chi connectivity index (χ0n) is 19.0. The molecule has 1 saturated heterocycles. The van der Waals surface area contributed by atoms with Crippen LogP contribution in [0.4, 0.5) is 28.9 Å². The Morgan fingerprint density at radius 3 is 2.61 bits per heavy atom. The lowest BCUT2D eigenvalue weighted by Gasteiger charge is -2.44. The van der Waals surface area contributed by atoms with Crippen LogP contribution < -0.4 is 15.1 Å². The van der Waals surface area contributed by atoms with Crippen molar-refractivity contribution < 1.29 is 31.9 Å². The summed E-state index contributed by atoms with van der Waals surface area (Å²) in [5, 5.41) is 11.5. The Bertz CT molecular complexity index is 1250. The number of hydrogen-bond donors (Lipinski definition) is 2. The molecule has 1 saturated carbocycles. The van der Waals surface area contributed by atoms with E-state index in [4.69, 9.17) is 10.00 Å². The van der Waals surface area contributed by atoms with Gasteiger partial charge in [-0.2, -0.15) is 18.4 Å². The van der Waals surface area contributed by atoms with Crippen LogP contribution in [0.3, 0.4) is 0 Å². The van der Waals surface area contributed by atoms with E-state index in [0.717, 1.165) is 17.2 Å². The maximum Gasteiger partial charge on any atom is 0.419 e. The Morgan fingerprint density at radius 2 is 2.06 bits per heavy atom. The van der Waals surface area contributed by atoms with Crippen molar-refractivity contribution in [2.75, 3.05) is 30.1 Å². The number of hydrogen-bond acceptors (Lipinski definition) is 7. The molecule has 2 aliphatic rings. The summed E-state index contributed by atoms with van der Waals surface area (Å²) in [5.41, 5.74) is -4.45. The number of pyridine rings is 1. The van der Waals surface area contributed by atoms with Gasteiger partial charge >= 0.3 is 6.18 Å². The molecule has 2 fully saturated rings. The van der Waals surface area contributed by atoms with Crippen LogP contribution in [-0.2, 0) is 15.7 Å². The number of carbonyl (C=O) groups is 2. The Labute approximate surface area is 209 Å². The van der Waals surface area contributed by atoms with Crippen LogP contribution in [0.2, 0.25) is 0 Å². The van der Waals surface area contributed by atoms with Crippen molar-refractivity contribution in [3.05, 3.63) is 53.1 Å². The topological polar surface area (TPSA) is 98.6 Å². The molecular weight excluding hydrogens is 502 g/mol. The number of nitriles is 1. The molecule has 1 spiro atoms. The summed E-state index contributed by atoms with van der Waals surface area (Å²) in [6, 6.07) is 5.94. The molecular formula is C23H21F4N5O3S. The second-order valence-corrected chi connectivity index (χ2v) is 8.85. The number of rotatable bonds is 6. The molecule has 36 heavy (non-hydrogen) atoms. The predicted molar refractivity (Wildman–Crippen MR) is 124 cm³/mol. The predicted octanol–water partition coefficient (Wildman–Crippen LogP) is 3.48. The van der Waals surface area contributed by atoms with Crippen molar-refractivity contribution in [1.29, 1.82) is 5.26 Å². The first-order valence-corrected chi connectivity index (χ1v) is 11.4. The lowest BCUT2D eigenvalue weighted by Crippen LogP contribution is -2.55. The number of thiol groups is 1. The highest BCUT2D eigenvalue weighted by Gasteiger charge is 2.60. The van der Waals surface area contributed by atoms with Gasteiger partial charge in [0.1, 0.15) is 17.4 Å². The van der Waals surface area contributed by atoms with Crippen molar-refractivity contribution in [3.63, 3.8) is 0 Å². The van der Waals surface area contributed by atoms with Crippen molar-refractivity contribution in [2.24, 2.45) is 0 Å². The van der Waals surface area contributed by atoms with Gasteiger partial charge in [-0.25, -0.2) is 9.37 Å². The summed E-state index contributed by atoms with van der Waals surface area (Å²) >= 11 is 4.52. The lowest BCUT2D eigenvalue weighted by molar-refractivity contribution is -0.138. The molecule has 0 radical (unpaired) electrons. The highest BCUT2D eigenvalue weighted by Crippen LogP contribution is 2.50. The number of nitrogens with one attached hydrogen (secondary N) is 1. The fraction of sp³-hybridized carbons (Fsp3) is 0.391. The molecule has 190 valence electrons. The molecule has 1 aromatic heterocycles. The van der Waals surface area contributed by atoms with Gasteiger partial charge in [0, 0.05) is 19.3 Å². The standard InChI is InChI=1S/C23H21F4N5O3S/c1-35-8-7-29-19(33)15-4-3-13(10-17(15)24)32-21(36)31(20(34)22(32)5-2-6-22)14-9-16(23(25,26)27)18(11-28)30-12-14/h3-4,9-10,12,21,36H,2,5-8H2,1H3,(H,29,33). The van der Waals surface area contributed by atoms with E-state index < -0.39 is 46.1 Å². The van der Waals surface area contributed by atoms with Crippen molar-refractivity contribution in [2.45, 2.75) is 36.5 Å². The first-order chi connectivity index (χ1) is 17.0. The SMILES string of the molecule is COCCNC(=O)c1ccc(N2C(S)N(c3cnc(C#N)c(C(F)(F)F)c3)C(=O)C23CCC3)cc1F. The van der Waals surface area contributed by atoms with E-state index in [0.29, 0.717) is 25.3 Å². The molecule has 2 amide bonds. The van der Waals surface area contributed by atoms with Gasteiger partial charge < -0.3 is 15.0 Å². The molecule has 1 unspecified atom stereocenters. The van der Waals surface area contributed by atoms with Crippen molar-refractivity contribution >= 4 is 35.8 Å². The number of amides is 2. The molecule has 1 atom stereocenters. The highest BCUT2D eigenvalue weighted by atomic mass is 32.1. The normalized spacial score (nSPS) is 18.8. The Hall–Kier alpha value is -3.37. The highest BCUT2D eigenvalue weighted by molar-refractivity contribution is 7.81. The maximum absolute atomic E-state index is 14.9. The van der Waals surface area contributed by atoms with Crippen LogP contribution in [0.25, 0.3) is 0 Å². The van der Waals surface area contributed by atoms with E-state index >= 15 is 0 Å². The minimum absolute atomic E-state index is 0.185. The Morgan fingerprint density at radius 1 is 1.33 bits per heavy atom. The number of alkyl halides is 3. The summed E-state index contributed by atoms with van der Waals surface area (Å²) in [5.74, 6) is -1.97. The fourth-order valence-corrected chi connectivity index (χ4v) is 5.05. The second kappa shape index (κ2) is 9.59. The molecule has 13 heteroatoms. The van der Waals surface area contributed by atoms with Crippen LogP contribution in [0.15, 0.2) is 30.5 Å². The largest absolute Gasteiger partial charge is 0.419 e. The van der Waals surface area contributed by atoms with Gasteiger partial charge in [-0.05, 0) is 43.5 Å². The molecule has 4 rings (SSSR count). The minimum Gasteiger partial charge on any atom is -0.383 e. The molecule has 0 bridgehead atoms. The van der Waals surface area contributed by atoms with Crippen LogP contribution >= 0.6 is 12.6 Å². The van der Waals surface area contributed by atoms with E-state index in [-0.39, 0.29) is 30.1 Å². The summed E-state index contributed by atoms with van der Waals surface area (Å²) in [7, 11) is 1.46. The maximum atomic E-state index is 14.9. The first kappa shape index (κ1) is 25.7. The van der Waals surface area contributed by atoms with E-state index in [1.165, 1.54) is 25.3 Å². The summed E-state index contributed by atoms with van der Waals surface area (Å²) < 4.78 is 60.3. The second-order valence-electron chi connectivity index (χ2n) is 8.39. The monoisotopic (exact) mass is 523 g/mol. The number of benzene rings is 1. The average Bonchev–Trinajstić information content (AvgIpc) is 3.04. The van der Waals surface area contributed by atoms with Gasteiger partial charge in [0.2, 0.25) is 0 Å². The van der Waals surface area contributed by atoms with E-state index in [2.05, 4.69) is 22.9 Å². The number of aromatic nitrogens is 1. The van der Waals surface area contributed by atoms with Gasteiger partial charge in [0.25, 0.3) is 11.8 Å². The molecule has 2 aromatic rings. The van der Waals surface area contributed by atoms with Gasteiger partial charge in [-0.15, -0.1) is 12.6 Å². The first-order valence-electron chi connectivity index (χ1n) is 10.9. The Kier molecular flexibility index (Phi) is 6.85. The molecule has 2 heterocycles. The van der Waals surface area contributed by atoms with E-state index in [1.807, 2.05) is 0 Å². The number of methoxy groups -OCH3 is 1. The summed E-state index contributed by atoms with van der Waals surface area (Å²) in [6.45, 7) is 0.438. The summed E-state index contributed by atoms with van der Waals surface area (Å²) in [6.07, 6.45) is -2.40. The zero-order valence-corrected chi connectivity index (χ0v) is 19.9. The Balaban J connectivity index is 1.70. The van der Waals surface area contributed by atoms with Gasteiger partial charge in [-0.1, -0.05) is 0 Å². The number of anilines is 2. The molecule has 1 N–H and O–H groups in total. The van der Waals surface area contributed by atoms with Crippen molar-refractivity contribution in [1.82, 2.24) is 10.3 Å². The zero-order chi connectivity index (χ0) is 26.3. The van der Waals surface area contributed by atoms with Crippen LogP contribution in [-0.4, -0.2) is 48.1 Å². The van der Waals surface area contributed by atoms with Gasteiger partial charge in [0.15, 0.2) is 11.2 Å². The molecule has 8 nitrogen and oxygen atoms in total. The smallest absolute Gasteiger partial charge is 0.383 e. The van der Waals surface area contributed by atoms with Crippen LogP contribution in [0.5, 0.6) is 0 Å². The van der Waals surface area contributed by atoms with Gasteiger partial charge in [0.05, 0.1) is 29.6 Å². The third-order valence-electron chi connectivity index (χ3n) is 6.35. The third-order valence-corrected chi connectivity index (χ3v) is 6.81. The van der Waals surface area contributed by atoms with E-state index in [9.17, 15) is 27.2 Å². The van der Waals surface area contributed by atoms with Crippen molar-refractivity contribution in [3.8, 4) is 6.07 Å². The van der Waals surface area contributed by atoms with Crippen LogP contribution in [0.1, 0.15) is 40.9 Å². The number of halogens is 4. The summed E-state index contributed by atoms with van der Waals surface area (Å²) in [4.78, 5) is 32.0. The lowest BCUT2D eigenvalue weighted by atomic mass is 9.75. The van der Waals surface area contributed by atoms with E-state index in [1.54, 1.807) is 4.90 Å².